The molecule has 0 saturated heterocycles. The van der Waals surface area contributed by atoms with Crippen molar-refractivity contribution in [3.05, 3.63) is 28.2 Å². The Bertz CT molecular complexity index is 372. The Morgan fingerprint density at radius 3 is 2.62 bits per heavy atom. The summed E-state index contributed by atoms with van der Waals surface area (Å²) < 4.78 is 1.16. The third-order valence-corrected chi connectivity index (χ3v) is 3.77. The van der Waals surface area contributed by atoms with Crippen LogP contribution in [0.3, 0.4) is 0 Å². The molecule has 2 nitrogen and oxygen atoms in total. The number of hydrogen-bond donors (Lipinski definition) is 1. The van der Waals surface area contributed by atoms with Gasteiger partial charge in [-0.1, -0.05) is 6.07 Å². The van der Waals surface area contributed by atoms with Gasteiger partial charge in [0, 0.05) is 23.1 Å². The first kappa shape index (κ1) is 11.9. The van der Waals surface area contributed by atoms with Crippen molar-refractivity contribution in [2.24, 2.45) is 5.73 Å². The fraction of sp³-hybridized carbons (Fsp3) is 0.538. The summed E-state index contributed by atoms with van der Waals surface area (Å²) in [6.45, 7) is 5.30. The standard InChI is InChI=1S/C13H19BrN2/c1-3-16(11-5-6-11)13-7-4-10(9(2)15)8-12(13)14/h4,7-9,11H,3,5-6,15H2,1-2H3/t9-/m0/s1. The predicted molar refractivity (Wildman–Crippen MR) is 72.8 cm³/mol. The SMILES string of the molecule is CCN(c1ccc([C@H](C)N)cc1Br)C1CC1. The number of nitrogens with two attached hydrogens (primary N) is 1. The zero-order valence-corrected chi connectivity index (χ0v) is 11.5. The Morgan fingerprint density at radius 2 is 2.19 bits per heavy atom. The van der Waals surface area contributed by atoms with E-state index in [4.69, 9.17) is 5.73 Å². The van der Waals surface area contributed by atoms with Crippen molar-refractivity contribution in [3.8, 4) is 0 Å². The lowest BCUT2D eigenvalue weighted by molar-refractivity contribution is 0.806. The van der Waals surface area contributed by atoms with Gasteiger partial charge in [-0.2, -0.15) is 0 Å². The van der Waals surface area contributed by atoms with Gasteiger partial charge in [0.2, 0.25) is 0 Å². The van der Waals surface area contributed by atoms with Crippen LogP contribution in [0.4, 0.5) is 5.69 Å². The normalized spacial score (nSPS) is 17.2. The monoisotopic (exact) mass is 282 g/mol. The molecular formula is C13H19BrN2. The van der Waals surface area contributed by atoms with E-state index < -0.39 is 0 Å². The molecule has 88 valence electrons. The second-order valence-corrected chi connectivity index (χ2v) is 5.37. The van der Waals surface area contributed by atoms with Crippen LogP contribution in [0, 0.1) is 0 Å². The van der Waals surface area contributed by atoms with Gasteiger partial charge < -0.3 is 10.6 Å². The molecule has 1 aliphatic carbocycles. The predicted octanol–water partition coefficient (Wildman–Crippen LogP) is 3.46. The summed E-state index contributed by atoms with van der Waals surface area (Å²) in [6.07, 6.45) is 2.66. The highest BCUT2D eigenvalue weighted by Gasteiger charge is 2.29. The molecule has 1 aromatic rings. The lowest BCUT2D eigenvalue weighted by Crippen LogP contribution is -2.25. The van der Waals surface area contributed by atoms with Crippen molar-refractivity contribution in [1.29, 1.82) is 0 Å². The molecule has 1 saturated carbocycles. The van der Waals surface area contributed by atoms with Crippen LogP contribution < -0.4 is 10.6 Å². The molecule has 0 bridgehead atoms. The summed E-state index contributed by atoms with van der Waals surface area (Å²) in [6, 6.07) is 7.31. The largest absolute Gasteiger partial charge is 0.368 e. The summed E-state index contributed by atoms with van der Waals surface area (Å²) in [4.78, 5) is 2.47. The van der Waals surface area contributed by atoms with Crippen LogP contribution in [0.2, 0.25) is 0 Å². The van der Waals surface area contributed by atoms with Crippen molar-refractivity contribution < 1.29 is 0 Å². The molecule has 16 heavy (non-hydrogen) atoms. The molecule has 0 amide bonds. The minimum atomic E-state index is 0.0985. The van der Waals surface area contributed by atoms with E-state index in [0.717, 1.165) is 17.1 Å². The van der Waals surface area contributed by atoms with Crippen LogP contribution in [0.15, 0.2) is 22.7 Å². The van der Waals surface area contributed by atoms with Gasteiger partial charge in [-0.15, -0.1) is 0 Å². The van der Waals surface area contributed by atoms with Gasteiger partial charge in [0.25, 0.3) is 0 Å². The summed E-state index contributed by atoms with van der Waals surface area (Å²) in [7, 11) is 0. The number of rotatable bonds is 4. The fourth-order valence-electron chi connectivity index (χ4n) is 2.05. The fourth-order valence-corrected chi connectivity index (χ4v) is 2.68. The Balaban J connectivity index is 2.27. The molecule has 0 aliphatic heterocycles. The molecule has 1 aromatic carbocycles. The van der Waals surface area contributed by atoms with Crippen molar-refractivity contribution in [2.75, 3.05) is 11.4 Å². The molecule has 2 N–H and O–H groups in total. The summed E-state index contributed by atoms with van der Waals surface area (Å²) >= 11 is 3.66. The van der Waals surface area contributed by atoms with Crippen LogP contribution in [0.25, 0.3) is 0 Å². The highest BCUT2D eigenvalue weighted by atomic mass is 79.9. The van der Waals surface area contributed by atoms with E-state index in [2.05, 4.69) is 46.0 Å². The molecule has 0 aromatic heterocycles. The zero-order valence-electron chi connectivity index (χ0n) is 9.91. The molecule has 1 aliphatic rings. The van der Waals surface area contributed by atoms with Gasteiger partial charge in [-0.05, 0) is 60.3 Å². The number of halogens is 1. The van der Waals surface area contributed by atoms with Crippen LogP contribution >= 0.6 is 15.9 Å². The average molecular weight is 283 g/mol. The van der Waals surface area contributed by atoms with Gasteiger partial charge in [0.05, 0.1) is 5.69 Å². The number of benzene rings is 1. The molecule has 0 unspecified atom stereocenters. The van der Waals surface area contributed by atoms with Crippen LogP contribution in [0.5, 0.6) is 0 Å². The summed E-state index contributed by atoms with van der Waals surface area (Å²) in [5, 5.41) is 0. The maximum absolute atomic E-state index is 5.88. The number of anilines is 1. The third kappa shape index (κ3) is 2.41. The second kappa shape index (κ2) is 4.76. The van der Waals surface area contributed by atoms with E-state index in [9.17, 15) is 0 Å². The smallest absolute Gasteiger partial charge is 0.0513 e. The van der Waals surface area contributed by atoms with Gasteiger partial charge in [0.1, 0.15) is 0 Å². The Morgan fingerprint density at radius 1 is 1.50 bits per heavy atom. The first-order chi connectivity index (χ1) is 7.63. The molecule has 1 atom stereocenters. The Labute approximate surface area is 106 Å². The highest BCUT2D eigenvalue weighted by molar-refractivity contribution is 9.10. The van der Waals surface area contributed by atoms with E-state index in [-0.39, 0.29) is 6.04 Å². The lowest BCUT2D eigenvalue weighted by Gasteiger charge is -2.24. The highest BCUT2D eigenvalue weighted by Crippen LogP contribution is 2.36. The van der Waals surface area contributed by atoms with Gasteiger partial charge >= 0.3 is 0 Å². The van der Waals surface area contributed by atoms with Crippen LogP contribution in [-0.2, 0) is 0 Å². The van der Waals surface area contributed by atoms with E-state index in [1.54, 1.807) is 0 Å². The molecule has 1 fully saturated rings. The van der Waals surface area contributed by atoms with E-state index in [1.807, 2.05) is 6.92 Å². The minimum absolute atomic E-state index is 0.0985. The third-order valence-electron chi connectivity index (χ3n) is 3.14. The van der Waals surface area contributed by atoms with Crippen LogP contribution in [0.1, 0.15) is 38.3 Å². The van der Waals surface area contributed by atoms with Gasteiger partial charge in [-0.25, -0.2) is 0 Å². The zero-order chi connectivity index (χ0) is 11.7. The molecule has 0 spiro atoms. The van der Waals surface area contributed by atoms with Crippen molar-refractivity contribution >= 4 is 21.6 Å². The first-order valence-electron chi connectivity index (χ1n) is 5.95. The summed E-state index contributed by atoms with van der Waals surface area (Å²) in [5.74, 6) is 0. The van der Waals surface area contributed by atoms with Crippen molar-refractivity contribution in [3.63, 3.8) is 0 Å². The van der Waals surface area contributed by atoms with Crippen LogP contribution in [-0.4, -0.2) is 12.6 Å². The van der Waals surface area contributed by atoms with Crippen molar-refractivity contribution in [1.82, 2.24) is 0 Å². The second-order valence-electron chi connectivity index (χ2n) is 4.52. The number of nitrogens with zero attached hydrogens (tertiary/aromatic N) is 1. The van der Waals surface area contributed by atoms with E-state index in [1.165, 1.54) is 24.1 Å². The first-order valence-corrected chi connectivity index (χ1v) is 6.74. The van der Waals surface area contributed by atoms with Gasteiger partial charge in [0.15, 0.2) is 0 Å². The Hall–Kier alpha value is -0.540. The average Bonchev–Trinajstić information content (AvgIpc) is 3.05. The number of hydrogen-bond acceptors (Lipinski definition) is 2. The summed E-state index contributed by atoms with van der Waals surface area (Å²) in [5.41, 5.74) is 8.36. The van der Waals surface area contributed by atoms with Crippen molar-refractivity contribution in [2.45, 2.75) is 38.8 Å². The Kier molecular flexibility index (Phi) is 3.55. The topological polar surface area (TPSA) is 29.3 Å². The molecule has 3 heteroatoms. The van der Waals surface area contributed by atoms with Gasteiger partial charge in [-0.3, -0.25) is 0 Å². The van der Waals surface area contributed by atoms with E-state index >= 15 is 0 Å². The lowest BCUT2D eigenvalue weighted by atomic mass is 10.1. The van der Waals surface area contributed by atoms with E-state index in [0.29, 0.717) is 0 Å². The molecule has 0 radical (unpaired) electrons. The molecular weight excluding hydrogens is 264 g/mol. The molecule has 0 heterocycles. The quantitative estimate of drug-likeness (QED) is 0.917. The molecule has 2 rings (SSSR count). The minimum Gasteiger partial charge on any atom is -0.368 e. The maximum atomic E-state index is 5.88. The maximum Gasteiger partial charge on any atom is 0.0513 e.